The minimum atomic E-state index is -0.399. The van der Waals surface area contributed by atoms with Crippen LogP contribution in [-0.2, 0) is 4.79 Å². The number of thioether (sulfide) groups is 1. The third-order valence-electron chi connectivity index (χ3n) is 3.86. The highest BCUT2D eigenvalue weighted by molar-refractivity contribution is 8.00. The normalized spacial score (nSPS) is 11.9. The van der Waals surface area contributed by atoms with Gasteiger partial charge in [-0.1, -0.05) is 35.0 Å². The first-order valence-corrected chi connectivity index (χ1v) is 9.36. The number of methoxy groups -OCH3 is 1. The summed E-state index contributed by atoms with van der Waals surface area (Å²) in [7, 11) is 1.59. The van der Waals surface area contributed by atoms with Gasteiger partial charge in [0.15, 0.2) is 0 Å². The molecule has 3 aromatic rings. The first-order valence-electron chi connectivity index (χ1n) is 8.48. The smallest absolute Gasteiger partial charge is 0.277 e. The number of rotatable bonds is 6. The number of carbonyl (C=O) groups excluding carboxylic acids is 1. The first-order chi connectivity index (χ1) is 12.9. The fourth-order valence-corrected chi connectivity index (χ4v) is 3.31. The van der Waals surface area contributed by atoms with Crippen LogP contribution in [-0.4, -0.2) is 28.5 Å². The van der Waals surface area contributed by atoms with Crippen molar-refractivity contribution in [3.63, 3.8) is 0 Å². The summed E-state index contributed by atoms with van der Waals surface area (Å²) in [6.07, 6.45) is 0. The Labute approximate surface area is 162 Å². The summed E-state index contributed by atoms with van der Waals surface area (Å²) < 4.78 is 10.9. The zero-order chi connectivity index (χ0) is 19.4. The minimum absolute atomic E-state index is 0.153. The van der Waals surface area contributed by atoms with Gasteiger partial charge in [-0.25, -0.2) is 0 Å². The Balaban J connectivity index is 1.66. The largest absolute Gasteiger partial charge is 0.497 e. The molecule has 0 aliphatic carbocycles. The van der Waals surface area contributed by atoms with Crippen molar-refractivity contribution in [1.29, 1.82) is 0 Å². The summed E-state index contributed by atoms with van der Waals surface area (Å²) in [5, 5.41) is 11.0. The van der Waals surface area contributed by atoms with Gasteiger partial charge in [0.25, 0.3) is 5.22 Å². The number of hydrogen-bond acceptors (Lipinski definition) is 6. The highest BCUT2D eigenvalue weighted by Gasteiger charge is 2.19. The monoisotopic (exact) mass is 383 g/mol. The van der Waals surface area contributed by atoms with Gasteiger partial charge in [0.2, 0.25) is 11.8 Å². The Bertz CT molecular complexity index is 935. The maximum Gasteiger partial charge on any atom is 0.277 e. The summed E-state index contributed by atoms with van der Waals surface area (Å²) in [5.74, 6) is 0.979. The predicted octanol–water partition coefficient (Wildman–Crippen LogP) is 4.48. The van der Waals surface area contributed by atoms with Crippen LogP contribution in [0.25, 0.3) is 11.5 Å². The van der Waals surface area contributed by atoms with Gasteiger partial charge < -0.3 is 14.5 Å². The molecule has 27 heavy (non-hydrogen) atoms. The van der Waals surface area contributed by atoms with E-state index < -0.39 is 5.25 Å². The van der Waals surface area contributed by atoms with Gasteiger partial charge >= 0.3 is 0 Å². The van der Waals surface area contributed by atoms with Crippen molar-refractivity contribution < 1.29 is 13.9 Å². The van der Waals surface area contributed by atoms with E-state index in [0.29, 0.717) is 22.6 Å². The number of amides is 1. The SMILES string of the molecule is COc1cccc(NC(=O)[C@@H](C)Sc2nnc(-c3cc(C)cc(C)c3)o2)c1. The molecule has 1 atom stereocenters. The third kappa shape index (κ3) is 4.89. The minimum Gasteiger partial charge on any atom is -0.497 e. The van der Waals surface area contributed by atoms with Crippen LogP contribution in [0.2, 0.25) is 0 Å². The van der Waals surface area contributed by atoms with E-state index in [2.05, 4.69) is 21.6 Å². The van der Waals surface area contributed by atoms with Crippen molar-refractivity contribution in [2.45, 2.75) is 31.2 Å². The van der Waals surface area contributed by atoms with Crippen LogP contribution in [0.1, 0.15) is 18.1 Å². The molecule has 7 heteroatoms. The molecule has 0 aliphatic rings. The zero-order valence-corrected chi connectivity index (χ0v) is 16.5. The third-order valence-corrected chi connectivity index (χ3v) is 4.79. The number of nitrogens with zero attached hydrogens (tertiary/aromatic N) is 2. The lowest BCUT2D eigenvalue weighted by molar-refractivity contribution is -0.115. The van der Waals surface area contributed by atoms with Gasteiger partial charge in [-0.15, -0.1) is 10.2 Å². The molecule has 0 spiro atoms. The van der Waals surface area contributed by atoms with Gasteiger partial charge in [0, 0.05) is 17.3 Å². The molecule has 6 nitrogen and oxygen atoms in total. The molecule has 1 aromatic heterocycles. The van der Waals surface area contributed by atoms with Crippen LogP contribution in [0, 0.1) is 13.8 Å². The average Bonchev–Trinajstić information content (AvgIpc) is 3.09. The second-order valence-electron chi connectivity index (χ2n) is 6.23. The Kier molecular flexibility index (Phi) is 5.81. The highest BCUT2D eigenvalue weighted by atomic mass is 32.2. The molecule has 0 saturated heterocycles. The maximum atomic E-state index is 12.4. The number of benzene rings is 2. The molecule has 0 bridgehead atoms. The van der Waals surface area contributed by atoms with Crippen LogP contribution >= 0.6 is 11.8 Å². The van der Waals surface area contributed by atoms with Crippen molar-refractivity contribution in [2.24, 2.45) is 0 Å². The van der Waals surface area contributed by atoms with Gasteiger partial charge in [-0.3, -0.25) is 4.79 Å². The predicted molar refractivity (Wildman–Crippen MR) is 106 cm³/mol. The lowest BCUT2D eigenvalue weighted by Crippen LogP contribution is -2.22. The van der Waals surface area contributed by atoms with Gasteiger partial charge in [0.05, 0.1) is 12.4 Å². The van der Waals surface area contributed by atoms with Crippen molar-refractivity contribution in [3.8, 4) is 17.2 Å². The average molecular weight is 383 g/mol. The van der Waals surface area contributed by atoms with Crippen molar-refractivity contribution in [1.82, 2.24) is 10.2 Å². The number of carbonyl (C=O) groups is 1. The lowest BCUT2D eigenvalue weighted by Gasteiger charge is -2.10. The molecule has 2 aromatic carbocycles. The standard InChI is InChI=1S/C20H21N3O3S/c1-12-8-13(2)10-15(9-12)19-22-23-20(26-19)27-14(3)18(24)21-16-6-5-7-17(11-16)25-4/h5-11,14H,1-4H3,(H,21,24)/t14-/m1/s1. The molecule has 1 heterocycles. The van der Waals surface area contributed by atoms with Crippen LogP contribution in [0.5, 0.6) is 5.75 Å². The van der Waals surface area contributed by atoms with E-state index in [1.165, 1.54) is 11.8 Å². The van der Waals surface area contributed by atoms with Crippen LogP contribution in [0.3, 0.4) is 0 Å². The molecular weight excluding hydrogens is 362 g/mol. The maximum absolute atomic E-state index is 12.4. The highest BCUT2D eigenvalue weighted by Crippen LogP contribution is 2.28. The Morgan fingerprint density at radius 2 is 1.89 bits per heavy atom. The second kappa shape index (κ2) is 8.26. The van der Waals surface area contributed by atoms with Crippen LogP contribution in [0.4, 0.5) is 5.69 Å². The van der Waals surface area contributed by atoms with E-state index in [1.54, 1.807) is 20.1 Å². The molecule has 1 N–H and O–H groups in total. The Morgan fingerprint density at radius 1 is 1.15 bits per heavy atom. The van der Waals surface area contributed by atoms with E-state index in [9.17, 15) is 4.79 Å². The molecule has 0 unspecified atom stereocenters. The molecule has 1 amide bonds. The Hall–Kier alpha value is -2.80. The molecule has 140 valence electrons. The van der Waals surface area contributed by atoms with E-state index in [-0.39, 0.29) is 5.91 Å². The molecule has 0 aliphatic heterocycles. The summed E-state index contributed by atoms with van der Waals surface area (Å²) >= 11 is 1.22. The fourth-order valence-electron chi connectivity index (χ4n) is 2.62. The summed E-state index contributed by atoms with van der Waals surface area (Å²) in [6.45, 7) is 5.84. The van der Waals surface area contributed by atoms with Crippen molar-refractivity contribution in [3.05, 3.63) is 53.6 Å². The fraction of sp³-hybridized carbons (Fsp3) is 0.250. The van der Waals surface area contributed by atoms with Gasteiger partial charge in [-0.05, 0) is 45.0 Å². The van der Waals surface area contributed by atoms with E-state index in [1.807, 2.05) is 44.2 Å². The number of nitrogens with one attached hydrogen (secondary N) is 1. The van der Waals surface area contributed by atoms with Gasteiger partial charge in [-0.2, -0.15) is 0 Å². The van der Waals surface area contributed by atoms with Crippen molar-refractivity contribution in [2.75, 3.05) is 12.4 Å². The zero-order valence-electron chi connectivity index (χ0n) is 15.6. The summed E-state index contributed by atoms with van der Waals surface area (Å²) in [5.41, 5.74) is 3.81. The number of anilines is 1. The summed E-state index contributed by atoms with van der Waals surface area (Å²) in [4.78, 5) is 12.4. The van der Waals surface area contributed by atoms with E-state index in [0.717, 1.165) is 16.7 Å². The molecule has 0 saturated carbocycles. The van der Waals surface area contributed by atoms with Crippen LogP contribution in [0.15, 0.2) is 52.1 Å². The molecule has 0 radical (unpaired) electrons. The van der Waals surface area contributed by atoms with Gasteiger partial charge in [0.1, 0.15) is 5.75 Å². The Morgan fingerprint density at radius 3 is 2.59 bits per heavy atom. The molecule has 3 rings (SSSR count). The first kappa shape index (κ1) is 19.0. The van der Waals surface area contributed by atoms with E-state index >= 15 is 0 Å². The number of ether oxygens (including phenoxy) is 1. The molecule has 0 fully saturated rings. The van der Waals surface area contributed by atoms with E-state index in [4.69, 9.17) is 9.15 Å². The topological polar surface area (TPSA) is 77.2 Å². The second-order valence-corrected chi connectivity index (χ2v) is 7.52. The van der Waals surface area contributed by atoms with Crippen molar-refractivity contribution >= 4 is 23.4 Å². The summed E-state index contributed by atoms with van der Waals surface area (Å²) in [6, 6.07) is 13.3. The molecular formula is C20H21N3O3S. The number of aryl methyl sites for hydroxylation is 2. The number of aromatic nitrogens is 2. The van der Waals surface area contributed by atoms with Crippen LogP contribution < -0.4 is 10.1 Å². The number of hydrogen-bond donors (Lipinski definition) is 1. The quantitative estimate of drug-likeness (QED) is 0.632. The lowest BCUT2D eigenvalue weighted by atomic mass is 10.1.